The minimum absolute atomic E-state index is 0.0507. The van der Waals surface area contributed by atoms with Crippen molar-refractivity contribution in [2.24, 2.45) is 5.92 Å². The Morgan fingerprint density at radius 1 is 1.30 bits per heavy atom. The van der Waals surface area contributed by atoms with Crippen molar-refractivity contribution in [3.05, 3.63) is 35.6 Å². The van der Waals surface area contributed by atoms with Gasteiger partial charge in [0.15, 0.2) is 0 Å². The van der Waals surface area contributed by atoms with E-state index in [1.165, 1.54) is 18.2 Å². The minimum atomic E-state index is -0.691. The van der Waals surface area contributed by atoms with E-state index in [0.717, 1.165) is 25.9 Å². The Bertz CT molecular complexity index is 557. The van der Waals surface area contributed by atoms with Crippen LogP contribution in [0.25, 0.3) is 0 Å². The quantitative estimate of drug-likeness (QED) is 0.769. The molecule has 1 aliphatic heterocycles. The highest BCUT2D eigenvalue weighted by Crippen LogP contribution is 2.10. The first-order chi connectivity index (χ1) is 11.0. The van der Waals surface area contributed by atoms with E-state index < -0.39 is 17.8 Å². The van der Waals surface area contributed by atoms with E-state index >= 15 is 0 Å². The van der Waals surface area contributed by atoms with E-state index in [0.29, 0.717) is 0 Å². The fraction of sp³-hybridized carbons (Fsp3) is 0.529. The molecule has 2 atom stereocenters. The lowest BCUT2D eigenvalue weighted by atomic mass is 10.0. The second-order valence-corrected chi connectivity index (χ2v) is 6.23. The molecular formula is C17H24FN3O2. The number of carbonyl (C=O) groups excluding carboxylic acids is 2. The van der Waals surface area contributed by atoms with Gasteiger partial charge in [0.05, 0.1) is 5.56 Å². The number of hydrogen-bond acceptors (Lipinski definition) is 3. The predicted molar refractivity (Wildman–Crippen MR) is 86.5 cm³/mol. The summed E-state index contributed by atoms with van der Waals surface area (Å²) >= 11 is 0. The zero-order chi connectivity index (χ0) is 16.8. The fourth-order valence-corrected chi connectivity index (χ4v) is 2.67. The maximum absolute atomic E-state index is 13.7. The van der Waals surface area contributed by atoms with Crippen molar-refractivity contribution in [3.8, 4) is 0 Å². The van der Waals surface area contributed by atoms with Crippen LogP contribution < -0.4 is 16.0 Å². The van der Waals surface area contributed by atoms with Crippen molar-refractivity contribution < 1.29 is 14.0 Å². The van der Waals surface area contributed by atoms with Crippen LogP contribution in [0, 0.1) is 11.7 Å². The molecule has 3 N–H and O–H groups in total. The van der Waals surface area contributed by atoms with E-state index in [4.69, 9.17) is 0 Å². The highest BCUT2D eigenvalue weighted by Gasteiger charge is 2.27. The molecule has 1 aliphatic rings. The van der Waals surface area contributed by atoms with Gasteiger partial charge in [-0.15, -0.1) is 0 Å². The van der Waals surface area contributed by atoms with E-state index in [1.54, 1.807) is 6.07 Å². The zero-order valence-electron chi connectivity index (χ0n) is 13.6. The van der Waals surface area contributed by atoms with Gasteiger partial charge >= 0.3 is 0 Å². The number of benzene rings is 1. The van der Waals surface area contributed by atoms with Gasteiger partial charge in [0.2, 0.25) is 5.91 Å². The molecule has 1 aromatic rings. The molecule has 0 saturated carbocycles. The van der Waals surface area contributed by atoms with Crippen molar-refractivity contribution in [2.75, 3.05) is 13.1 Å². The molecule has 6 heteroatoms. The molecule has 0 bridgehead atoms. The number of halogens is 1. The molecule has 5 nitrogen and oxygen atoms in total. The summed E-state index contributed by atoms with van der Waals surface area (Å²) in [4.78, 5) is 24.7. The predicted octanol–water partition coefficient (Wildman–Crippen LogP) is 1.45. The lowest BCUT2D eigenvalue weighted by Crippen LogP contribution is -2.54. The maximum Gasteiger partial charge on any atom is 0.254 e. The third kappa shape index (κ3) is 4.76. The summed E-state index contributed by atoms with van der Waals surface area (Å²) in [6.07, 6.45) is 1.93. The molecular weight excluding hydrogens is 297 g/mol. The Kier molecular flexibility index (Phi) is 6.10. The van der Waals surface area contributed by atoms with Crippen LogP contribution in [-0.4, -0.2) is 37.0 Å². The summed E-state index contributed by atoms with van der Waals surface area (Å²) in [7, 11) is 0. The van der Waals surface area contributed by atoms with Crippen LogP contribution >= 0.6 is 0 Å². The third-order valence-corrected chi connectivity index (χ3v) is 4.00. The Labute approximate surface area is 136 Å². The molecule has 0 aromatic heterocycles. The van der Waals surface area contributed by atoms with Gasteiger partial charge in [-0.3, -0.25) is 9.59 Å². The molecule has 1 aromatic carbocycles. The summed E-state index contributed by atoms with van der Waals surface area (Å²) in [5.41, 5.74) is -0.0507. The molecule has 23 heavy (non-hydrogen) atoms. The molecule has 2 amide bonds. The Balaban J connectivity index is 2.01. The Morgan fingerprint density at radius 3 is 2.65 bits per heavy atom. The zero-order valence-corrected chi connectivity index (χ0v) is 13.6. The van der Waals surface area contributed by atoms with Crippen molar-refractivity contribution in [1.29, 1.82) is 0 Å². The van der Waals surface area contributed by atoms with Crippen LogP contribution in [0.3, 0.4) is 0 Å². The number of amides is 2. The summed E-state index contributed by atoms with van der Waals surface area (Å²) < 4.78 is 13.7. The van der Waals surface area contributed by atoms with E-state index in [-0.39, 0.29) is 23.4 Å². The SMILES string of the molecule is CC(C)C(NC(=O)c1ccccc1F)C(=O)N[C@H]1CCCNC1. The molecule has 0 aliphatic carbocycles. The van der Waals surface area contributed by atoms with Gasteiger partial charge in [0.25, 0.3) is 5.91 Å². The van der Waals surface area contributed by atoms with Crippen LogP contribution in [0.4, 0.5) is 4.39 Å². The van der Waals surface area contributed by atoms with Crippen molar-refractivity contribution in [1.82, 2.24) is 16.0 Å². The first kappa shape index (κ1) is 17.4. The monoisotopic (exact) mass is 321 g/mol. The van der Waals surface area contributed by atoms with Crippen LogP contribution in [0.2, 0.25) is 0 Å². The lowest BCUT2D eigenvalue weighted by Gasteiger charge is -2.28. The van der Waals surface area contributed by atoms with Crippen molar-refractivity contribution >= 4 is 11.8 Å². The molecule has 126 valence electrons. The first-order valence-electron chi connectivity index (χ1n) is 8.05. The number of nitrogens with one attached hydrogen (secondary N) is 3. The summed E-state index contributed by atoms with van der Waals surface area (Å²) in [5.74, 6) is -1.48. The third-order valence-electron chi connectivity index (χ3n) is 4.00. The molecule has 1 fully saturated rings. The smallest absolute Gasteiger partial charge is 0.254 e. The van der Waals surface area contributed by atoms with Crippen LogP contribution in [0.15, 0.2) is 24.3 Å². The van der Waals surface area contributed by atoms with Gasteiger partial charge in [-0.25, -0.2) is 4.39 Å². The van der Waals surface area contributed by atoms with Gasteiger partial charge < -0.3 is 16.0 Å². The number of rotatable bonds is 5. The van der Waals surface area contributed by atoms with Gasteiger partial charge in [0.1, 0.15) is 11.9 Å². The topological polar surface area (TPSA) is 70.2 Å². The van der Waals surface area contributed by atoms with E-state index in [2.05, 4.69) is 16.0 Å². The van der Waals surface area contributed by atoms with E-state index in [1.807, 2.05) is 13.8 Å². The summed E-state index contributed by atoms with van der Waals surface area (Å²) in [6.45, 7) is 5.40. The van der Waals surface area contributed by atoms with Crippen LogP contribution in [-0.2, 0) is 4.79 Å². The minimum Gasteiger partial charge on any atom is -0.350 e. The highest BCUT2D eigenvalue weighted by molar-refractivity contribution is 5.97. The van der Waals surface area contributed by atoms with Crippen molar-refractivity contribution in [2.45, 2.75) is 38.8 Å². The van der Waals surface area contributed by atoms with Gasteiger partial charge in [-0.2, -0.15) is 0 Å². The van der Waals surface area contributed by atoms with Gasteiger partial charge in [0, 0.05) is 12.6 Å². The molecule has 2 rings (SSSR count). The fourth-order valence-electron chi connectivity index (χ4n) is 2.67. The Hall–Kier alpha value is -1.95. The molecule has 0 spiro atoms. The standard InChI is InChI=1S/C17H24FN3O2/c1-11(2)15(17(23)20-12-6-5-9-19-10-12)21-16(22)13-7-3-4-8-14(13)18/h3-4,7-8,11-12,15,19H,5-6,9-10H2,1-2H3,(H,20,23)(H,21,22)/t12-,15?/m0/s1. The maximum atomic E-state index is 13.7. The first-order valence-corrected chi connectivity index (χ1v) is 8.05. The second kappa shape index (κ2) is 8.06. The normalized spacial score (nSPS) is 19.2. The number of piperidine rings is 1. The summed E-state index contributed by atoms with van der Waals surface area (Å²) in [5, 5.41) is 8.84. The molecule has 1 saturated heterocycles. The number of hydrogen-bond donors (Lipinski definition) is 3. The highest BCUT2D eigenvalue weighted by atomic mass is 19.1. The average Bonchev–Trinajstić information content (AvgIpc) is 2.53. The van der Waals surface area contributed by atoms with Gasteiger partial charge in [-0.05, 0) is 37.4 Å². The van der Waals surface area contributed by atoms with Gasteiger partial charge in [-0.1, -0.05) is 26.0 Å². The largest absolute Gasteiger partial charge is 0.350 e. The Morgan fingerprint density at radius 2 is 2.04 bits per heavy atom. The molecule has 1 unspecified atom stereocenters. The summed E-state index contributed by atoms with van der Waals surface area (Å²) in [6, 6.07) is 5.13. The average molecular weight is 321 g/mol. The number of carbonyl (C=O) groups is 2. The molecule has 0 radical (unpaired) electrons. The van der Waals surface area contributed by atoms with Crippen LogP contribution in [0.1, 0.15) is 37.0 Å². The molecule has 1 heterocycles. The lowest BCUT2D eigenvalue weighted by molar-refractivity contribution is -0.124. The van der Waals surface area contributed by atoms with Crippen molar-refractivity contribution in [3.63, 3.8) is 0 Å². The van der Waals surface area contributed by atoms with E-state index in [9.17, 15) is 14.0 Å². The van der Waals surface area contributed by atoms with Crippen LogP contribution in [0.5, 0.6) is 0 Å². The second-order valence-electron chi connectivity index (χ2n) is 6.23.